The van der Waals surface area contributed by atoms with Gasteiger partial charge in [0.25, 0.3) is 0 Å². The van der Waals surface area contributed by atoms with Gasteiger partial charge in [-0.15, -0.1) is 0 Å². The van der Waals surface area contributed by atoms with Gasteiger partial charge >= 0.3 is 6.03 Å². The van der Waals surface area contributed by atoms with Gasteiger partial charge in [0, 0.05) is 38.6 Å². The molecule has 0 saturated carbocycles. The molecular weight excluding hydrogens is 344 g/mol. The Hall–Kier alpha value is -1.79. The zero-order chi connectivity index (χ0) is 20.4. The maximum absolute atomic E-state index is 13.1. The Morgan fingerprint density at radius 2 is 1.81 bits per heavy atom. The smallest absolute Gasteiger partial charge is 0.317 e. The second-order valence-electron chi connectivity index (χ2n) is 7.59. The number of nitrogens with one attached hydrogen (secondary N) is 2. The number of urea groups is 1. The Morgan fingerprint density at radius 3 is 2.37 bits per heavy atom. The fourth-order valence-electron chi connectivity index (χ4n) is 3.29. The van der Waals surface area contributed by atoms with Crippen molar-refractivity contribution < 1.29 is 14.4 Å². The molecule has 0 aromatic carbocycles. The SMILES string of the molecule is CCCCNC(=O)N1CCN(C(=O)C(NC(=O)CCC)C(C)CC)CC1C. The van der Waals surface area contributed by atoms with Crippen molar-refractivity contribution in [2.45, 2.75) is 78.8 Å². The number of piperazine rings is 1. The van der Waals surface area contributed by atoms with Crippen molar-refractivity contribution in [2.24, 2.45) is 5.92 Å². The van der Waals surface area contributed by atoms with E-state index in [9.17, 15) is 14.4 Å². The van der Waals surface area contributed by atoms with Gasteiger partial charge in [-0.3, -0.25) is 9.59 Å². The molecule has 1 heterocycles. The fraction of sp³-hybridized carbons (Fsp3) is 0.850. The molecule has 0 bridgehead atoms. The van der Waals surface area contributed by atoms with Crippen LogP contribution in [0.15, 0.2) is 0 Å². The number of nitrogens with zero attached hydrogens (tertiary/aromatic N) is 2. The molecule has 0 aromatic heterocycles. The van der Waals surface area contributed by atoms with Crippen molar-refractivity contribution >= 4 is 17.8 Å². The van der Waals surface area contributed by atoms with Crippen molar-refractivity contribution in [1.29, 1.82) is 0 Å². The molecule has 1 aliphatic rings. The minimum atomic E-state index is -0.494. The van der Waals surface area contributed by atoms with Crippen molar-refractivity contribution in [1.82, 2.24) is 20.4 Å². The molecule has 2 N–H and O–H groups in total. The third-order valence-electron chi connectivity index (χ3n) is 5.28. The molecule has 1 rings (SSSR count). The van der Waals surface area contributed by atoms with Crippen LogP contribution in [0, 0.1) is 5.92 Å². The highest BCUT2D eigenvalue weighted by atomic mass is 16.2. The summed E-state index contributed by atoms with van der Waals surface area (Å²) < 4.78 is 0. The van der Waals surface area contributed by atoms with Crippen LogP contribution in [-0.4, -0.2) is 65.9 Å². The minimum absolute atomic E-state index is 0.0355. The van der Waals surface area contributed by atoms with Gasteiger partial charge in [0.15, 0.2) is 0 Å². The van der Waals surface area contributed by atoms with E-state index in [1.807, 2.05) is 27.7 Å². The third kappa shape index (κ3) is 7.03. The van der Waals surface area contributed by atoms with E-state index in [1.54, 1.807) is 9.80 Å². The van der Waals surface area contributed by atoms with E-state index in [0.717, 1.165) is 25.7 Å². The van der Waals surface area contributed by atoms with Gasteiger partial charge in [-0.1, -0.05) is 40.5 Å². The van der Waals surface area contributed by atoms with Crippen molar-refractivity contribution in [2.75, 3.05) is 26.2 Å². The fourth-order valence-corrected chi connectivity index (χ4v) is 3.29. The number of hydrogen-bond acceptors (Lipinski definition) is 3. The first kappa shape index (κ1) is 23.2. The molecule has 0 radical (unpaired) electrons. The van der Waals surface area contributed by atoms with Crippen LogP contribution in [0.4, 0.5) is 4.79 Å². The first-order valence-electron chi connectivity index (χ1n) is 10.5. The molecule has 1 saturated heterocycles. The van der Waals surface area contributed by atoms with Crippen molar-refractivity contribution in [3.8, 4) is 0 Å². The topological polar surface area (TPSA) is 81.8 Å². The first-order valence-corrected chi connectivity index (χ1v) is 10.5. The van der Waals surface area contributed by atoms with Crippen LogP contribution in [0.2, 0.25) is 0 Å². The molecule has 1 fully saturated rings. The minimum Gasteiger partial charge on any atom is -0.344 e. The summed E-state index contributed by atoms with van der Waals surface area (Å²) in [6.45, 7) is 12.2. The molecular formula is C20H38N4O3. The van der Waals surface area contributed by atoms with Crippen LogP contribution >= 0.6 is 0 Å². The van der Waals surface area contributed by atoms with Gasteiger partial charge in [0.2, 0.25) is 11.8 Å². The summed E-state index contributed by atoms with van der Waals surface area (Å²) in [5, 5.41) is 5.87. The molecule has 0 spiro atoms. The summed E-state index contributed by atoms with van der Waals surface area (Å²) in [6, 6.07) is -0.600. The molecule has 0 aromatic rings. The van der Waals surface area contributed by atoms with Gasteiger partial charge < -0.3 is 20.4 Å². The van der Waals surface area contributed by atoms with Gasteiger partial charge in [0.05, 0.1) is 0 Å². The average Bonchev–Trinajstić information content (AvgIpc) is 2.65. The Morgan fingerprint density at radius 1 is 1.11 bits per heavy atom. The van der Waals surface area contributed by atoms with Gasteiger partial charge in [-0.25, -0.2) is 4.79 Å². The molecule has 7 nitrogen and oxygen atoms in total. The number of carbonyl (C=O) groups is 3. The maximum Gasteiger partial charge on any atom is 0.317 e. The van der Waals surface area contributed by atoms with E-state index < -0.39 is 6.04 Å². The van der Waals surface area contributed by atoms with E-state index in [0.29, 0.717) is 32.6 Å². The van der Waals surface area contributed by atoms with Crippen molar-refractivity contribution in [3.63, 3.8) is 0 Å². The summed E-state index contributed by atoms with van der Waals surface area (Å²) in [4.78, 5) is 41.0. The summed E-state index contributed by atoms with van der Waals surface area (Å²) in [5.74, 6) is -0.0335. The summed E-state index contributed by atoms with van der Waals surface area (Å²) in [7, 11) is 0. The van der Waals surface area contributed by atoms with E-state index in [1.165, 1.54) is 0 Å². The summed E-state index contributed by atoms with van der Waals surface area (Å²) in [5.41, 5.74) is 0. The Labute approximate surface area is 164 Å². The predicted molar refractivity (Wildman–Crippen MR) is 107 cm³/mol. The van der Waals surface area contributed by atoms with Crippen LogP contribution in [0.1, 0.15) is 66.7 Å². The molecule has 1 aliphatic heterocycles. The lowest BCUT2D eigenvalue weighted by atomic mass is 9.97. The van der Waals surface area contributed by atoms with E-state index in [2.05, 4.69) is 17.6 Å². The van der Waals surface area contributed by atoms with Gasteiger partial charge in [-0.05, 0) is 25.7 Å². The molecule has 4 amide bonds. The van der Waals surface area contributed by atoms with Crippen LogP contribution < -0.4 is 10.6 Å². The third-order valence-corrected chi connectivity index (χ3v) is 5.28. The largest absolute Gasteiger partial charge is 0.344 e. The number of rotatable bonds is 9. The maximum atomic E-state index is 13.1. The lowest BCUT2D eigenvalue weighted by Gasteiger charge is -2.41. The molecule has 156 valence electrons. The van der Waals surface area contributed by atoms with Crippen LogP contribution in [-0.2, 0) is 9.59 Å². The second-order valence-corrected chi connectivity index (χ2v) is 7.59. The zero-order valence-electron chi connectivity index (χ0n) is 17.7. The Kier molecular flexibility index (Phi) is 10.2. The quantitative estimate of drug-likeness (QED) is 0.601. The highest BCUT2D eigenvalue weighted by Crippen LogP contribution is 2.16. The molecule has 3 unspecified atom stereocenters. The zero-order valence-corrected chi connectivity index (χ0v) is 17.7. The average molecular weight is 383 g/mol. The summed E-state index contributed by atoms with van der Waals surface area (Å²) >= 11 is 0. The first-order chi connectivity index (χ1) is 12.8. The Bertz CT molecular complexity index is 498. The van der Waals surface area contributed by atoms with Gasteiger partial charge in [0.1, 0.15) is 6.04 Å². The van der Waals surface area contributed by atoms with Crippen LogP contribution in [0.25, 0.3) is 0 Å². The molecule has 7 heteroatoms. The number of amides is 4. The highest BCUT2D eigenvalue weighted by Gasteiger charge is 2.35. The van der Waals surface area contributed by atoms with Crippen LogP contribution in [0.5, 0.6) is 0 Å². The normalized spacial score (nSPS) is 19.4. The number of unbranched alkanes of at least 4 members (excludes halogenated alkanes) is 1. The van der Waals surface area contributed by atoms with Crippen molar-refractivity contribution in [3.05, 3.63) is 0 Å². The molecule has 27 heavy (non-hydrogen) atoms. The Balaban J connectivity index is 2.69. The van der Waals surface area contributed by atoms with Gasteiger partial charge in [-0.2, -0.15) is 0 Å². The lowest BCUT2D eigenvalue weighted by molar-refractivity contribution is -0.140. The van der Waals surface area contributed by atoms with E-state index >= 15 is 0 Å². The highest BCUT2D eigenvalue weighted by molar-refractivity contribution is 5.88. The lowest BCUT2D eigenvalue weighted by Crippen LogP contribution is -2.61. The molecule has 3 atom stereocenters. The van der Waals surface area contributed by atoms with E-state index in [-0.39, 0.29) is 29.8 Å². The second kappa shape index (κ2) is 11.8. The summed E-state index contributed by atoms with van der Waals surface area (Å²) in [6.07, 6.45) is 4.02. The monoisotopic (exact) mass is 382 g/mol. The standard InChI is InChI=1S/C20H38N4O3/c1-6-9-11-21-20(27)24-13-12-23(14-16(24)5)19(26)18(15(4)8-3)22-17(25)10-7-2/h15-16,18H,6-14H2,1-5H3,(H,21,27)(H,22,25). The van der Waals surface area contributed by atoms with Crippen LogP contribution in [0.3, 0.4) is 0 Å². The van der Waals surface area contributed by atoms with E-state index in [4.69, 9.17) is 0 Å². The predicted octanol–water partition coefficient (Wildman–Crippen LogP) is 2.36. The number of carbonyl (C=O) groups excluding carboxylic acids is 3. The number of hydrogen-bond donors (Lipinski definition) is 2. The molecule has 0 aliphatic carbocycles.